The maximum absolute atomic E-state index is 10.9. The zero-order chi connectivity index (χ0) is 17.9. The minimum Gasteiger partial charge on any atom is -0.497 e. The number of rotatable bonds is 5. The third-order valence-corrected chi connectivity index (χ3v) is 5.44. The van der Waals surface area contributed by atoms with Crippen molar-refractivity contribution in [2.45, 2.75) is 25.2 Å². The van der Waals surface area contributed by atoms with Crippen molar-refractivity contribution in [3.63, 3.8) is 0 Å². The van der Waals surface area contributed by atoms with E-state index in [1.54, 1.807) is 13.3 Å². The largest absolute Gasteiger partial charge is 0.497 e. The van der Waals surface area contributed by atoms with E-state index in [0.717, 1.165) is 48.1 Å². The molecule has 3 heterocycles. The first-order valence-corrected chi connectivity index (χ1v) is 9.31. The standard InChI is InChI=1S/C20H26N2O4/c1-24-15-2-3-18-17(12-15)16(4-7-21-18)19(23)13-22-8-5-14(6-9-22)20-25-10-11-26-20/h2-4,7,12,14,19-20,23H,5-6,8-11,13H2,1H3/t19-/m0/s1. The van der Waals surface area contributed by atoms with Gasteiger partial charge in [-0.3, -0.25) is 4.98 Å². The zero-order valence-corrected chi connectivity index (χ0v) is 15.1. The predicted molar refractivity (Wildman–Crippen MR) is 98.1 cm³/mol. The first kappa shape index (κ1) is 17.7. The van der Waals surface area contributed by atoms with Gasteiger partial charge in [0.1, 0.15) is 5.75 Å². The van der Waals surface area contributed by atoms with Gasteiger partial charge in [-0.1, -0.05) is 0 Å². The van der Waals surface area contributed by atoms with Gasteiger partial charge in [-0.05, 0) is 55.8 Å². The second kappa shape index (κ2) is 7.88. The van der Waals surface area contributed by atoms with E-state index >= 15 is 0 Å². The van der Waals surface area contributed by atoms with Gasteiger partial charge in [0.15, 0.2) is 6.29 Å². The Balaban J connectivity index is 1.42. The Hall–Kier alpha value is -1.73. The summed E-state index contributed by atoms with van der Waals surface area (Å²) in [5, 5.41) is 11.8. The number of aliphatic hydroxyl groups is 1. The van der Waals surface area contributed by atoms with Gasteiger partial charge >= 0.3 is 0 Å². The van der Waals surface area contributed by atoms with Crippen molar-refractivity contribution < 1.29 is 19.3 Å². The Labute approximate surface area is 153 Å². The number of methoxy groups -OCH3 is 1. The van der Waals surface area contributed by atoms with Crippen molar-refractivity contribution in [1.82, 2.24) is 9.88 Å². The molecule has 2 fully saturated rings. The maximum atomic E-state index is 10.9. The number of ether oxygens (including phenoxy) is 3. The van der Waals surface area contributed by atoms with Crippen LogP contribution in [0.5, 0.6) is 5.75 Å². The second-order valence-electron chi connectivity index (χ2n) is 7.05. The fourth-order valence-electron chi connectivity index (χ4n) is 3.96. The average Bonchev–Trinajstić information content (AvgIpc) is 3.22. The van der Waals surface area contributed by atoms with E-state index in [0.29, 0.717) is 25.7 Å². The summed E-state index contributed by atoms with van der Waals surface area (Å²) in [6.07, 6.45) is 3.26. The van der Waals surface area contributed by atoms with Crippen molar-refractivity contribution in [2.75, 3.05) is 40.0 Å². The molecule has 0 bridgehead atoms. The quantitative estimate of drug-likeness (QED) is 0.885. The number of aromatic nitrogens is 1. The average molecular weight is 358 g/mol. The molecule has 0 saturated carbocycles. The van der Waals surface area contributed by atoms with Crippen LogP contribution in [0.15, 0.2) is 30.5 Å². The number of hydrogen-bond acceptors (Lipinski definition) is 6. The normalized spacial score (nSPS) is 21.3. The van der Waals surface area contributed by atoms with E-state index in [9.17, 15) is 5.11 Å². The SMILES string of the molecule is COc1ccc2nccc([C@@H](O)CN3CCC(C4OCCO4)CC3)c2c1. The summed E-state index contributed by atoms with van der Waals surface area (Å²) >= 11 is 0. The highest BCUT2D eigenvalue weighted by Crippen LogP contribution is 2.29. The molecule has 1 aromatic carbocycles. The van der Waals surface area contributed by atoms with Crippen LogP contribution in [-0.2, 0) is 9.47 Å². The van der Waals surface area contributed by atoms with E-state index in [1.807, 2.05) is 24.3 Å². The van der Waals surface area contributed by atoms with Crippen molar-refractivity contribution in [3.05, 3.63) is 36.0 Å². The van der Waals surface area contributed by atoms with E-state index in [-0.39, 0.29) is 6.29 Å². The number of fused-ring (bicyclic) bond motifs is 1. The number of piperidine rings is 1. The van der Waals surface area contributed by atoms with Gasteiger partial charge in [-0.25, -0.2) is 0 Å². The Kier molecular flexibility index (Phi) is 5.36. The monoisotopic (exact) mass is 358 g/mol. The molecule has 1 N–H and O–H groups in total. The van der Waals surface area contributed by atoms with Crippen molar-refractivity contribution >= 4 is 10.9 Å². The Bertz CT molecular complexity index is 740. The highest BCUT2D eigenvalue weighted by Gasteiger charge is 2.31. The summed E-state index contributed by atoms with van der Waals surface area (Å²) in [5.74, 6) is 1.24. The first-order chi connectivity index (χ1) is 12.7. The molecule has 2 aliphatic heterocycles. The van der Waals surface area contributed by atoms with Crippen LogP contribution in [0.25, 0.3) is 10.9 Å². The van der Waals surface area contributed by atoms with Crippen molar-refractivity contribution in [2.24, 2.45) is 5.92 Å². The predicted octanol–water partition coefficient (Wildman–Crippen LogP) is 2.36. The van der Waals surface area contributed by atoms with E-state index in [2.05, 4.69) is 9.88 Å². The third-order valence-electron chi connectivity index (χ3n) is 5.44. The fourth-order valence-corrected chi connectivity index (χ4v) is 3.96. The van der Waals surface area contributed by atoms with Gasteiger partial charge < -0.3 is 24.2 Å². The Morgan fingerprint density at radius 2 is 2.00 bits per heavy atom. The lowest BCUT2D eigenvalue weighted by Gasteiger charge is -2.34. The van der Waals surface area contributed by atoms with E-state index in [1.165, 1.54) is 0 Å². The molecule has 4 rings (SSSR count). The smallest absolute Gasteiger partial charge is 0.160 e. The summed E-state index contributed by atoms with van der Waals surface area (Å²) in [5.41, 5.74) is 1.77. The molecule has 2 saturated heterocycles. The maximum Gasteiger partial charge on any atom is 0.160 e. The number of benzene rings is 1. The minimum atomic E-state index is -0.553. The van der Waals surface area contributed by atoms with Gasteiger partial charge in [-0.2, -0.15) is 0 Å². The number of β-amino-alcohol motifs (C(OH)–C–C–N with tert-alkyl or cyclic N) is 1. The van der Waals surface area contributed by atoms with E-state index in [4.69, 9.17) is 14.2 Å². The molecule has 1 aromatic heterocycles. The Morgan fingerprint density at radius 3 is 2.73 bits per heavy atom. The lowest BCUT2D eigenvalue weighted by molar-refractivity contribution is -0.0986. The molecule has 0 aliphatic carbocycles. The van der Waals surface area contributed by atoms with Crippen molar-refractivity contribution in [3.8, 4) is 5.75 Å². The van der Waals surface area contributed by atoms with Crippen LogP contribution in [0.4, 0.5) is 0 Å². The molecule has 1 atom stereocenters. The molecule has 0 unspecified atom stereocenters. The highest BCUT2D eigenvalue weighted by molar-refractivity contribution is 5.83. The molecular weight excluding hydrogens is 332 g/mol. The summed E-state index contributed by atoms with van der Waals surface area (Å²) in [6.45, 7) is 3.95. The van der Waals surface area contributed by atoms with Crippen LogP contribution in [0.3, 0.4) is 0 Å². The lowest BCUT2D eigenvalue weighted by Crippen LogP contribution is -2.40. The molecule has 2 aromatic rings. The number of pyridine rings is 1. The van der Waals surface area contributed by atoms with Gasteiger partial charge in [0.25, 0.3) is 0 Å². The van der Waals surface area contributed by atoms with Crippen LogP contribution in [0.2, 0.25) is 0 Å². The molecule has 0 spiro atoms. The number of nitrogens with zero attached hydrogens (tertiary/aromatic N) is 2. The van der Waals surface area contributed by atoms with Gasteiger partial charge in [-0.15, -0.1) is 0 Å². The van der Waals surface area contributed by atoms with Crippen LogP contribution in [0, 0.1) is 5.92 Å². The van der Waals surface area contributed by atoms with Crippen LogP contribution in [0.1, 0.15) is 24.5 Å². The molecule has 0 radical (unpaired) electrons. The molecule has 26 heavy (non-hydrogen) atoms. The molecule has 6 nitrogen and oxygen atoms in total. The first-order valence-electron chi connectivity index (χ1n) is 9.31. The summed E-state index contributed by atoms with van der Waals surface area (Å²) in [7, 11) is 1.65. The minimum absolute atomic E-state index is 0.0290. The number of hydrogen-bond donors (Lipinski definition) is 1. The van der Waals surface area contributed by atoms with Gasteiger partial charge in [0.2, 0.25) is 0 Å². The molecule has 6 heteroatoms. The number of likely N-dealkylation sites (tertiary alicyclic amines) is 1. The van der Waals surface area contributed by atoms with Gasteiger partial charge in [0.05, 0.1) is 31.9 Å². The summed E-state index contributed by atoms with van der Waals surface area (Å²) in [6, 6.07) is 7.67. The molecule has 140 valence electrons. The zero-order valence-electron chi connectivity index (χ0n) is 15.1. The van der Waals surface area contributed by atoms with Crippen LogP contribution in [-0.4, -0.2) is 61.2 Å². The Morgan fingerprint density at radius 1 is 1.23 bits per heavy atom. The third kappa shape index (κ3) is 3.69. The van der Waals surface area contributed by atoms with Crippen LogP contribution >= 0.6 is 0 Å². The second-order valence-corrected chi connectivity index (χ2v) is 7.05. The van der Waals surface area contributed by atoms with Crippen LogP contribution < -0.4 is 4.74 Å². The summed E-state index contributed by atoms with van der Waals surface area (Å²) in [4.78, 5) is 6.71. The molecule has 2 aliphatic rings. The van der Waals surface area contributed by atoms with Crippen molar-refractivity contribution in [1.29, 1.82) is 0 Å². The topological polar surface area (TPSA) is 64.1 Å². The van der Waals surface area contributed by atoms with Gasteiger partial charge in [0, 0.05) is 24.0 Å². The number of aliphatic hydroxyl groups excluding tert-OH is 1. The molecular formula is C20H26N2O4. The molecule has 0 amide bonds. The fraction of sp³-hybridized carbons (Fsp3) is 0.550. The van der Waals surface area contributed by atoms with E-state index < -0.39 is 6.10 Å². The summed E-state index contributed by atoms with van der Waals surface area (Å²) < 4.78 is 16.6. The lowest BCUT2D eigenvalue weighted by atomic mass is 9.95. The highest BCUT2D eigenvalue weighted by atomic mass is 16.7.